The van der Waals surface area contributed by atoms with E-state index in [0.717, 1.165) is 22.3 Å². The molecule has 0 saturated heterocycles. The zero-order valence-electron chi connectivity index (χ0n) is 13.3. The average molecular weight is 310 g/mol. The molecule has 0 bridgehead atoms. The molecule has 0 amide bonds. The molecule has 3 rings (SSSR count). The van der Waals surface area contributed by atoms with Crippen LogP contribution in [0.4, 0.5) is 0 Å². The van der Waals surface area contributed by atoms with E-state index in [0.29, 0.717) is 5.82 Å². The lowest BCUT2D eigenvalue weighted by molar-refractivity contribution is 0.0690. The predicted molar refractivity (Wildman–Crippen MR) is 88.7 cm³/mol. The van der Waals surface area contributed by atoms with Crippen LogP contribution in [0.15, 0.2) is 42.5 Å². The maximum absolute atomic E-state index is 11.2. The molecule has 0 fully saturated rings. The van der Waals surface area contributed by atoms with E-state index in [1.165, 1.54) is 6.07 Å². The number of carboxylic acid groups (broad SMARTS) is 1. The highest BCUT2D eigenvalue weighted by molar-refractivity contribution is 5.87. The molecule has 0 spiro atoms. The molecule has 3 aromatic rings. The number of fused-ring (bicyclic) bond motifs is 1. The van der Waals surface area contributed by atoms with Gasteiger partial charge in [-0.3, -0.25) is 4.57 Å². The summed E-state index contributed by atoms with van der Waals surface area (Å²) >= 11 is 0. The largest absolute Gasteiger partial charge is 0.497 e. The third-order valence-electron chi connectivity index (χ3n) is 3.81. The van der Waals surface area contributed by atoms with Crippen molar-refractivity contribution in [1.29, 1.82) is 0 Å². The van der Waals surface area contributed by atoms with Crippen molar-refractivity contribution in [2.75, 3.05) is 7.11 Å². The normalized spacial score (nSPS) is 11.1. The summed E-state index contributed by atoms with van der Waals surface area (Å²) in [6, 6.07) is 13.0. The van der Waals surface area contributed by atoms with Gasteiger partial charge in [-0.05, 0) is 42.3 Å². The first-order chi connectivity index (χ1) is 11.0. The lowest BCUT2D eigenvalue weighted by Gasteiger charge is -2.13. The Morgan fingerprint density at radius 3 is 2.65 bits per heavy atom. The van der Waals surface area contributed by atoms with Gasteiger partial charge >= 0.3 is 5.97 Å². The highest BCUT2D eigenvalue weighted by atomic mass is 16.5. The van der Waals surface area contributed by atoms with Crippen molar-refractivity contribution in [3.05, 3.63) is 53.9 Å². The number of aromatic carboxylic acids is 1. The predicted octanol–water partition coefficient (Wildman–Crippen LogP) is 3.86. The van der Waals surface area contributed by atoms with Gasteiger partial charge in [0.25, 0.3) is 0 Å². The summed E-state index contributed by atoms with van der Waals surface area (Å²) in [5, 5.41) is 10.2. The lowest BCUT2D eigenvalue weighted by Crippen LogP contribution is -2.07. The first-order valence-corrected chi connectivity index (χ1v) is 7.41. The Hall–Kier alpha value is -2.82. The monoisotopic (exact) mass is 310 g/mol. The summed E-state index contributed by atoms with van der Waals surface area (Å²) in [6.45, 7) is 4.20. The van der Waals surface area contributed by atoms with Crippen molar-refractivity contribution < 1.29 is 14.6 Å². The van der Waals surface area contributed by atoms with Crippen molar-refractivity contribution in [1.82, 2.24) is 9.55 Å². The number of aromatic nitrogens is 2. The fourth-order valence-corrected chi connectivity index (χ4v) is 2.69. The average Bonchev–Trinajstić information content (AvgIpc) is 2.93. The topological polar surface area (TPSA) is 64.3 Å². The van der Waals surface area contributed by atoms with Crippen molar-refractivity contribution in [2.45, 2.75) is 19.8 Å². The molecule has 0 saturated carbocycles. The van der Waals surface area contributed by atoms with Crippen LogP contribution in [0.2, 0.25) is 0 Å². The maximum Gasteiger partial charge on any atom is 0.354 e. The summed E-state index contributed by atoms with van der Waals surface area (Å²) in [6.07, 6.45) is 0. The van der Waals surface area contributed by atoms with Gasteiger partial charge < -0.3 is 9.84 Å². The number of carbonyl (C=O) groups is 1. The first-order valence-electron chi connectivity index (χ1n) is 7.41. The summed E-state index contributed by atoms with van der Waals surface area (Å²) < 4.78 is 7.29. The van der Waals surface area contributed by atoms with Crippen molar-refractivity contribution in [2.24, 2.45) is 0 Å². The van der Waals surface area contributed by atoms with E-state index in [-0.39, 0.29) is 11.6 Å². The molecule has 1 aromatic carbocycles. The number of ether oxygens (including phenoxy) is 1. The van der Waals surface area contributed by atoms with Gasteiger partial charge in [-0.15, -0.1) is 0 Å². The molecule has 2 aromatic heterocycles. The van der Waals surface area contributed by atoms with Gasteiger partial charge in [0.05, 0.1) is 12.6 Å². The van der Waals surface area contributed by atoms with E-state index < -0.39 is 5.97 Å². The van der Waals surface area contributed by atoms with Gasteiger partial charge in [0, 0.05) is 11.1 Å². The molecular formula is C18H18N2O3. The van der Waals surface area contributed by atoms with Crippen LogP contribution in [0.1, 0.15) is 35.9 Å². The van der Waals surface area contributed by atoms with E-state index in [1.54, 1.807) is 13.2 Å². The van der Waals surface area contributed by atoms with E-state index in [9.17, 15) is 9.90 Å². The second-order valence-electron chi connectivity index (χ2n) is 5.67. The summed E-state index contributed by atoms with van der Waals surface area (Å²) in [5.74, 6) is 0.630. The number of pyridine rings is 1. The van der Waals surface area contributed by atoms with Gasteiger partial charge in [0.15, 0.2) is 5.69 Å². The molecule has 0 radical (unpaired) electrons. The number of hydrogen-bond donors (Lipinski definition) is 1. The molecule has 0 atom stereocenters. The highest BCUT2D eigenvalue weighted by Crippen LogP contribution is 2.30. The molecule has 0 aliphatic rings. The van der Waals surface area contributed by atoms with Gasteiger partial charge in [-0.2, -0.15) is 0 Å². The van der Waals surface area contributed by atoms with Crippen LogP contribution in [0.3, 0.4) is 0 Å². The number of nitrogens with zero attached hydrogens (tertiary/aromatic N) is 2. The molecule has 0 aliphatic carbocycles. The fourth-order valence-electron chi connectivity index (χ4n) is 2.69. The zero-order valence-corrected chi connectivity index (χ0v) is 13.3. The second-order valence-corrected chi connectivity index (χ2v) is 5.67. The minimum absolute atomic E-state index is 0.0348. The third-order valence-corrected chi connectivity index (χ3v) is 3.81. The van der Waals surface area contributed by atoms with Crippen LogP contribution in [0.25, 0.3) is 16.7 Å². The van der Waals surface area contributed by atoms with E-state index in [4.69, 9.17) is 4.74 Å². The second kappa shape index (κ2) is 5.76. The SMILES string of the molecule is COc1ccc2c(c1)cc(C(C)C)n2-c1cccc(C(=O)O)n1. The Morgan fingerprint density at radius 2 is 2.00 bits per heavy atom. The van der Waals surface area contributed by atoms with Crippen LogP contribution in [-0.2, 0) is 0 Å². The van der Waals surface area contributed by atoms with Crippen molar-refractivity contribution in [3.8, 4) is 11.6 Å². The molecule has 0 aliphatic heterocycles. The van der Waals surface area contributed by atoms with Gasteiger partial charge in [0.1, 0.15) is 11.6 Å². The molecular weight excluding hydrogens is 292 g/mol. The molecule has 5 heteroatoms. The molecule has 118 valence electrons. The van der Waals surface area contributed by atoms with Crippen molar-refractivity contribution >= 4 is 16.9 Å². The van der Waals surface area contributed by atoms with Crippen LogP contribution < -0.4 is 4.74 Å². The zero-order chi connectivity index (χ0) is 16.6. The Labute approximate surface area is 134 Å². The molecule has 0 unspecified atom stereocenters. The van der Waals surface area contributed by atoms with Gasteiger partial charge in [-0.1, -0.05) is 19.9 Å². The Morgan fingerprint density at radius 1 is 1.22 bits per heavy atom. The number of rotatable bonds is 4. The van der Waals surface area contributed by atoms with Crippen LogP contribution in [0, 0.1) is 0 Å². The van der Waals surface area contributed by atoms with Crippen LogP contribution in [0.5, 0.6) is 5.75 Å². The van der Waals surface area contributed by atoms with E-state index in [1.807, 2.05) is 28.8 Å². The Kier molecular flexibility index (Phi) is 3.78. The summed E-state index contributed by atoms with van der Waals surface area (Å²) in [7, 11) is 1.64. The standard InChI is InChI=1S/C18H18N2O3/c1-11(2)16-10-12-9-13(23-3)7-8-15(12)20(16)17-6-4-5-14(19-17)18(21)22/h4-11H,1-3H3,(H,21,22). The summed E-state index contributed by atoms with van der Waals surface area (Å²) in [4.78, 5) is 15.5. The van der Waals surface area contributed by atoms with Crippen molar-refractivity contribution in [3.63, 3.8) is 0 Å². The maximum atomic E-state index is 11.2. The number of hydrogen-bond acceptors (Lipinski definition) is 3. The van der Waals surface area contributed by atoms with E-state index >= 15 is 0 Å². The van der Waals surface area contributed by atoms with Crippen LogP contribution in [-0.4, -0.2) is 27.7 Å². The molecule has 2 heterocycles. The first kappa shape index (κ1) is 15.1. The third kappa shape index (κ3) is 2.65. The van der Waals surface area contributed by atoms with Gasteiger partial charge in [0.2, 0.25) is 0 Å². The number of benzene rings is 1. The minimum Gasteiger partial charge on any atom is -0.497 e. The van der Waals surface area contributed by atoms with E-state index in [2.05, 4.69) is 24.9 Å². The minimum atomic E-state index is -1.03. The molecule has 5 nitrogen and oxygen atoms in total. The number of carboxylic acids is 1. The molecule has 1 N–H and O–H groups in total. The smallest absolute Gasteiger partial charge is 0.354 e. The fraction of sp³-hybridized carbons (Fsp3) is 0.222. The quantitative estimate of drug-likeness (QED) is 0.795. The Bertz CT molecular complexity index is 881. The molecule has 23 heavy (non-hydrogen) atoms. The lowest BCUT2D eigenvalue weighted by atomic mass is 10.1. The van der Waals surface area contributed by atoms with Gasteiger partial charge in [-0.25, -0.2) is 9.78 Å². The van der Waals surface area contributed by atoms with Crippen LogP contribution >= 0.6 is 0 Å². The summed E-state index contributed by atoms with van der Waals surface area (Å²) in [5.41, 5.74) is 2.08. The number of methoxy groups -OCH3 is 1. The Balaban J connectivity index is 2.28. The highest BCUT2D eigenvalue weighted by Gasteiger charge is 2.16.